The van der Waals surface area contributed by atoms with E-state index < -0.39 is 0 Å². The molecule has 1 aliphatic rings. The van der Waals surface area contributed by atoms with Crippen molar-refractivity contribution in [3.8, 4) is 0 Å². The van der Waals surface area contributed by atoms with Crippen LogP contribution in [0, 0.1) is 0 Å². The zero-order chi connectivity index (χ0) is 14.2. The minimum atomic E-state index is 0.491. The number of hydrogen-bond acceptors (Lipinski definition) is 1. The molecule has 1 aromatic rings. The van der Waals surface area contributed by atoms with Gasteiger partial charge in [-0.3, -0.25) is 0 Å². The van der Waals surface area contributed by atoms with Gasteiger partial charge in [0.15, 0.2) is 0 Å². The van der Waals surface area contributed by atoms with Crippen molar-refractivity contribution >= 4 is 0 Å². The van der Waals surface area contributed by atoms with E-state index in [1.54, 1.807) is 0 Å². The van der Waals surface area contributed by atoms with E-state index in [1.807, 2.05) is 0 Å². The first-order valence-electron chi connectivity index (χ1n) is 7.64. The zero-order valence-corrected chi connectivity index (χ0v) is 12.4. The largest absolute Gasteiger partial charge is 0.389 e. The van der Waals surface area contributed by atoms with E-state index in [9.17, 15) is 0 Å². The van der Waals surface area contributed by atoms with Crippen LogP contribution in [0.5, 0.6) is 0 Å². The fraction of sp³-hybridized carbons (Fsp3) is 0.368. The van der Waals surface area contributed by atoms with E-state index in [2.05, 4.69) is 67.4 Å². The average molecular weight is 267 g/mol. The van der Waals surface area contributed by atoms with E-state index in [0.717, 1.165) is 25.1 Å². The first kappa shape index (κ1) is 14.6. The fourth-order valence-corrected chi connectivity index (χ4v) is 2.62. The van der Waals surface area contributed by atoms with Crippen LogP contribution in [0.3, 0.4) is 0 Å². The van der Waals surface area contributed by atoms with Crippen molar-refractivity contribution in [3.05, 3.63) is 72.0 Å². The molecule has 0 amide bonds. The summed E-state index contributed by atoms with van der Waals surface area (Å²) in [6, 6.07) is 10.8. The third-order valence-electron chi connectivity index (χ3n) is 3.86. The second-order valence-electron chi connectivity index (χ2n) is 5.32. The Kier molecular flexibility index (Phi) is 5.67. The molecule has 2 rings (SSSR count). The van der Waals surface area contributed by atoms with E-state index in [-0.39, 0.29) is 0 Å². The summed E-state index contributed by atoms with van der Waals surface area (Å²) >= 11 is 0. The molecule has 20 heavy (non-hydrogen) atoms. The molecule has 0 saturated heterocycles. The summed E-state index contributed by atoms with van der Waals surface area (Å²) in [6.45, 7) is 7.13. The van der Waals surface area contributed by atoms with Crippen molar-refractivity contribution in [2.45, 2.75) is 38.5 Å². The van der Waals surface area contributed by atoms with Gasteiger partial charge < -0.3 is 5.32 Å². The minimum Gasteiger partial charge on any atom is -0.389 e. The topological polar surface area (TPSA) is 12.0 Å². The SMILES string of the molecule is C=C(CC)NCCC(C1=CCCC=C1)c1ccccc1. The van der Waals surface area contributed by atoms with Crippen LogP contribution < -0.4 is 5.32 Å². The molecule has 0 fully saturated rings. The molecule has 0 saturated carbocycles. The van der Waals surface area contributed by atoms with Gasteiger partial charge in [0, 0.05) is 18.2 Å². The third kappa shape index (κ3) is 4.12. The third-order valence-corrected chi connectivity index (χ3v) is 3.86. The summed E-state index contributed by atoms with van der Waals surface area (Å²) in [5.74, 6) is 0.491. The fourth-order valence-electron chi connectivity index (χ4n) is 2.62. The van der Waals surface area contributed by atoms with E-state index in [0.29, 0.717) is 5.92 Å². The highest BCUT2D eigenvalue weighted by Crippen LogP contribution is 2.30. The molecule has 0 bridgehead atoms. The van der Waals surface area contributed by atoms with Crippen LogP contribution in [0.25, 0.3) is 0 Å². The molecule has 0 radical (unpaired) electrons. The molecule has 1 aliphatic carbocycles. The summed E-state index contributed by atoms with van der Waals surface area (Å²) < 4.78 is 0. The number of benzene rings is 1. The van der Waals surface area contributed by atoms with Crippen molar-refractivity contribution in [3.63, 3.8) is 0 Å². The Morgan fingerprint density at radius 2 is 2.05 bits per heavy atom. The number of nitrogens with one attached hydrogen (secondary N) is 1. The maximum absolute atomic E-state index is 4.02. The predicted molar refractivity (Wildman–Crippen MR) is 87.7 cm³/mol. The van der Waals surface area contributed by atoms with Crippen LogP contribution in [0.15, 0.2) is 66.4 Å². The van der Waals surface area contributed by atoms with Gasteiger partial charge in [-0.05, 0) is 36.8 Å². The quantitative estimate of drug-likeness (QED) is 0.737. The average Bonchev–Trinajstić information content (AvgIpc) is 2.53. The Hall–Kier alpha value is -1.76. The molecular formula is C19H25N. The first-order chi connectivity index (χ1) is 9.81. The highest BCUT2D eigenvalue weighted by atomic mass is 14.9. The molecule has 1 atom stereocenters. The molecule has 1 aromatic carbocycles. The summed E-state index contributed by atoms with van der Waals surface area (Å²) in [5, 5.41) is 3.43. The van der Waals surface area contributed by atoms with Gasteiger partial charge in [0.05, 0.1) is 0 Å². The molecule has 1 heteroatoms. The monoisotopic (exact) mass is 267 g/mol. The lowest BCUT2D eigenvalue weighted by Crippen LogP contribution is -2.17. The van der Waals surface area contributed by atoms with Crippen molar-refractivity contribution in [2.75, 3.05) is 6.54 Å². The summed E-state index contributed by atoms with van der Waals surface area (Å²) in [5.41, 5.74) is 4.01. The smallest absolute Gasteiger partial charge is 0.0152 e. The lowest BCUT2D eigenvalue weighted by atomic mass is 9.85. The number of allylic oxidation sites excluding steroid dienone is 5. The van der Waals surface area contributed by atoms with Gasteiger partial charge in [0.25, 0.3) is 0 Å². The van der Waals surface area contributed by atoms with Crippen molar-refractivity contribution < 1.29 is 0 Å². The highest BCUT2D eigenvalue weighted by Gasteiger charge is 2.15. The molecule has 0 aliphatic heterocycles. The first-order valence-corrected chi connectivity index (χ1v) is 7.64. The molecule has 1 unspecified atom stereocenters. The Morgan fingerprint density at radius 3 is 2.70 bits per heavy atom. The van der Waals surface area contributed by atoms with Crippen LogP contribution in [0.4, 0.5) is 0 Å². The van der Waals surface area contributed by atoms with Gasteiger partial charge >= 0.3 is 0 Å². The Balaban J connectivity index is 2.06. The lowest BCUT2D eigenvalue weighted by Gasteiger charge is -2.21. The Labute approximate surface area is 123 Å². The number of hydrogen-bond donors (Lipinski definition) is 1. The van der Waals surface area contributed by atoms with Gasteiger partial charge in [-0.2, -0.15) is 0 Å². The highest BCUT2D eigenvalue weighted by molar-refractivity contribution is 5.36. The van der Waals surface area contributed by atoms with Gasteiger partial charge in [0.1, 0.15) is 0 Å². The molecule has 0 aromatic heterocycles. The van der Waals surface area contributed by atoms with Gasteiger partial charge in [0.2, 0.25) is 0 Å². The normalized spacial score (nSPS) is 15.6. The van der Waals surface area contributed by atoms with Crippen LogP contribution in [0.1, 0.15) is 44.1 Å². The molecule has 0 heterocycles. The van der Waals surface area contributed by atoms with Gasteiger partial charge in [-0.15, -0.1) is 0 Å². The maximum atomic E-state index is 4.02. The number of rotatable bonds is 7. The molecule has 106 valence electrons. The van der Waals surface area contributed by atoms with Crippen molar-refractivity contribution in [1.82, 2.24) is 5.32 Å². The molecular weight excluding hydrogens is 242 g/mol. The zero-order valence-electron chi connectivity index (χ0n) is 12.4. The molecule has 1 N–H and O–H groups in total. The van der Waals surface area contributed by atoms with E-state index >= 15 is 0 Å². The van der Waals surface area contributed by atoms with Crippen molar-refractivity contribution in [2.24, 2.45) is 0 Å². The van der Waals surface area contributed by atoms with Crippen LogP contribution in [0.2, 0.25) is 0 Å². The summed E-state index contributed by atoms with van der Waals surface area (Å²) in [7, 11) is 0. The molecule has 0 spiro atoms. The Bertz CT molecular complexity index is 482. The minimum absolute atomic E-state index is 0.491. The van der Waals surface area contributed by atoms with Crippen LogP contribution in [-0.2, 0) is 0 Å². The van der Waals surface area contributed by atoms with Gasteiger partial charge in [-0.1, -0.05) is 62.1 Å². The van der Waals surface area contributed by atoms with Crippen LogP contribution in [-0.4, -0.2) is 6.54 Å². The summed E-state index contributed by atoms with van der Waals surface area (Å²) in [4.78, 5) is 0. The molecule has 1 nitrogen and oxygen atoms in total. The second kappa shape index (κ2) is 7.74. The van der Waals surface area contributed by atoms with Crippen LogP contribution >= 0.6 is 0 Å². The maximum Gasteiger partial charge on any atom is 0.0152 e. The predicted octanol–water partition coefficient (Wildman–Crippen LogP) is 4.95. The van der Waals surface area contributed by atoms with Gasteiger partial charge in [-0.25, -0.2) is 0 Å². The Morgan fingerprint density at radius 1 is 1.25 bits per heavy atom. The summed E-state index contributed by atoms with van der Waals surface area (Å²) in [6.07, 6.45) is 11.4. The van der Waals surface area contributed by atoms with E-state index in [1.165, 1.54) is 24.0 Å². The second-order valence-corrected chi connectivity index (χ2v) is 5.32. The van der Waals surface area contributed by atoms with Crippen molar-refractivity contribution in [1.29, 1.82) is 0 Å². The lowest BCUT2D eigenvalue weighted by molar-refractivity contribution is 0.649. The van der Waals surface area contributed by atoms with E-state index in [4.69, 9.17) is 0 Å². The standard InChI is InChI=1S/C19H25N/c1-3-16(2)20-15-14-19(17-10-6-4-7-11-17)18-12-8-5-9-13-18/h4,6-8,10-13,19-20H,2-3,5,9,14-15H2,1H3.